The van der Waals surface area contributed by atoms with Gasteiger partial charge in [0.1, 0.15) is 22.5 Å². The van der Waals surface area contributed by atoms with Crippen molar-refractivity contribution in [3.63, 3.8) is 0 Å². The molecule has 4 rings (SSSR count). The highest BCUT2D eigenvalue weighted by atomic mass is 35.5. The summed E-state index contributed by atoms with van der Waals surface area (Å²) in [5.41, 5.74) is 1.87. The number of phenolic OH excluding ortho intramolecular Hbond substituents is 1. The number of hydrogen-bond acceptors (Lipinski definition) is 4. The smallest absolute Gasteiger partial charge is 0.197 e. The summed E-state index contributed by atoms with van der Waals surface area (Å²) in [6, 6.07) is 12.2. The number of hydrogen-bond donors (Lipinski definition) is 1. The SMILES string of the molecule is CN1CCC(c2ccc(O)c3c(=O)cc(-c4ccccc4Cl)oc23)CC1. The first kappa shape index (κ1) is 17.1. The molecule has 0 bridgehead atoms. The van der Waals surface area contributed by atoms with Crippen LogP contribution in [0.25, 0.3) is 22.3 Å². The van der Waals surface area contributed by atoms with Crippen LogP contribution in [0.3, 0.4) is 0 Å². The van der Waals surface area contributed by atoms with Crippen LogP contribution >= 0.6 is 11.6 Å². The molecule has 4 nitrogen and oxygen atoms in total. The third-order valence-electron chi connectivity index (χ3n) is 5.18. The molecule has 1 fully saturated rings. The molecule has 1 saturated heterocycles. The number of phenols is 1. The van der Waals surface area contributed by atoms with E-state index in [4.69, 9.17) is 16.0 Å². The molecule has 0 aliphatic carbocycles. The summed E-state index contributed by atoms with van der Waals surface area (Å²) in [6.07, 6.45) is 1.99. The molecule has 2 heterocycles. The van der Waals surface area contributed by atoms with E-state index in [0.29, 0.717) is 27.8 Å². The van der Waals surface area contributed by atoms with Crippen LogP contribution in [0.5, 0.6) is 5.75 Å². The van der Waals surface area contributed by atoms with Gasteiger partial charge in [0.15, 0.2) is 5.43 Å². The van der Waals surface area contributed by atoms with Crippen LogP contribution in [0.4, 0.5) is 0 Å². The fourth-order valence-corrected chi connectivity index (χ4v) is 3.93. The van der Waals surface area contributed by atoms with Gasteiger partial charge in [-0.05, 0) is 62.7 Å². The minimum atomic E-state index is -0.256. The average Bonchev–Trinajstić information content (AvgIpc) is 2.63. The Morgan fingerprint density at radius 1 is 1.15 bits per heavy atom. The molecule has 3 aromatic rings. The maximum Gasteiger partial charge on any atom is 0.197 e. The zero-order valence-electron chi connectivity index (χ0n) is 14.5. The van der Waals surface area contributed by atoms with Gasteiger partial charge >= 0.3 is 0 Å². The van der Waals surface area contributed by atoms with Gasteiger partial charge in [0.05, 0.1) is 5.02 Å². The van der Waals surface area contributed by atoms with E-state index in [1.165, 1.54) is 6.07 Å². The van der Waals surface area contributed by atoms with Crippen molar-refractivity contribution < 1.29 is 9.52 Å². The van der Waals surface area contributed by atoms with E-state index in [1.807, 2.05) is 24.3 Å². The molecular formula is C21H20ClNO3. The lowest BCUT2D eigenvalue weighted by Gasteiger charge is -2.29. The first-order chi connectivity index (χ1) is 12.5. The zero-order chi connectivity index (χ0) is 18.3. The fraction of sp³-hybridized carbons (Fsp3) is 0.286. The molecule has 0 atom stereocenters. The van der Waals surface area contributed by atoms with Crippen molar-refractivity contribution in [3.05, 3.63) is 63.3 Å². The van der Waals surface area contributed by atoms with Crippen molar-refractivity contribution in [3.8, 4) is 17.1 Å². The molecule has 26 heavy (non-hydrogen) atoms. The molecule has 134 valence electrons. The van der Waals surface area contributed by atoms with Gasteiger partial charge in [0.25, 0.3) is 0 Å². The first-order valence-electron chi connectivity index (χ1n) is 8.78. The predicted octanol–water partition coefficient (Wildman–Crippen LogP) is 4.63. The molecule has 0 saturated carbocycles. The summed E-state index contributed by atoms with van der Waals surface area (Å²) in [6.45, 7) is 2.00. The van der Waals surface area contributed by atoms with E-state index >= 15 is 0 Å². The van der Waals surface area contributed by atoms with Crippen LogP contribution in [0, 0.1) is 0 Å². The molecule has 0 amide bonds. The largest absolute Gasteiger partial charge is 0.507 e. The average molecular weight is 370 g/mol. The van der Waals surface area contributed by atoms with Crippen LogP contribution in [0.1, 0.15) is 24.3 Å². The lowest BCUT2D eigenvalue weighted by molar-refractivity contribution is 0.255. The molecule has 5 heteroatoms. The summed E-state index contributed by atoms with van der Waals surface area (Å²) in [7, 11) is 2.11. The molecule has 1 aliphatic rings. The number of likely N-dealkylation sites (tertiary alicyclic amines) is 1. The monoisotopic (exact) mass is 369 g/mol. The first-order valence-corrected chi connectivity index (χ1v) is 9.15. The van der Waals surface area contributed by atoms with E-state index in [0.717, 1.165) is 31.5 Å². The predicted molar refractivity (Wildman–Crippen MR) is 104 cm³/mol. The number of halogens is 1. The lowest BCUT2D eigenvalue weighted by atomic mass is 9.88. The summed E-state index contributed by atoms with van der Waals surface area (Å²) in [4.78, 5) is 15.0. The Morgan fingerprint density at radius 2 is 1.88 bits per heavy atom. The van der Waals surface area contributed by atoms with Gasteiger partial charge in [-0.1, -0.05) is 29.8 Å². The quantitative estimate of drug-likeness (QED) is 0.715. The third-order valence-corrected chi connectivity index (χ3v) is 5.51. The Bertz CT molecular complexity index is 1020. The Labute approximate surface area is 156 Å². The van der Waals surface area contributed by atoms with E-state index < -0.39 is 0 Å². The second kappa shape index (κ2) is 6.78. The minimum absolute atomic E-state index is 0.0452. The van der Waals surface area contributed by atoms with Gasteiger partial charge < -0.3 is 14.4 Å². The molecule has 0 radical (unpaired) electrons. The Hall–Kier alpha value is -2.30. The van der Waals surface area contributed by atoms with Crippen LogP contribution in [0.15, 0.2) is 51.7 Å². The number of rotatable bonds is 2. The minimum Gasteiger partial charge on any atom is -0.507 e. The van der Waals surface area contributed by atoms with Gasteiger partial charge in [-0.25, -0.2) is 0 Å². The highest BCUT2D eigenvalue weighted by Crippen LogP contribution is 2.37. The van der Waals surface area contributed by atoms with Crippen molar-refractivity contribution in [1.82, 2.24) is 4.90 Å². The Kier molecular flexibility index (Phi) is 4.47. The molecule has 1 N–H and O–H groups in total. The van der Waals surface area contributed by atoms with Gasteiger partial charge in [0, 0.05) is 11.6 Å². The lowest BCUT2D eigenvalue weighted by Crippen LogP contribution is -2.29. The van der Waals surface area contributed by atoms with Gasteiger partial charge in [-0.15, -0.1) is 0 Å². The molecule has 2 aromatic carbocycles. The maximum absolute atomic E-state index is 12.7. The topological polar surface area (TPSA) is 53.7 Å². The summed E-state index contributed by atoms with van der Waals surface area (Å²) in [5, 5.41) is 11.0. The van der Waals surface area contributed by atoms with Crippen molar-refractivity contribution in [2.75, 3.05) is 20.1 Å². The fourth-order valence-electron chi connectivity index (χ4n) is 3.70. The van der Waals surface area contributed by atoms with Crippen molar-refractivity contribution in [2.24, 2.45) is 0 Å². The second-order valence-corrected chi connectivity index (χ2v) is 7.32. The van der Waals surface area contributed by atoms with E-state index in [1.54, 1.807) is 12.1 Å². The van der Waals surface area contributed by atoms with Crippen LogP contribution in [-0.2, 0) is 0 Å². The van der Waals surface area contributed by atoms with E-state index in [-0.39, 0.29) is 16.6 Å². The molecule has 0 unspecified atom stereocenters. The molecule has 1 aliphatic heterocycles. The number of nitrogens with zero attached hydrogens (tertiary/aromatic N) is 1. The number of aromatic hydroxyl groups is 1. The summed E-state index contributed by atoms with van der Waals surface area (Å²) < 4.78 is 6.14. The number of piperidine rings is 1. The summed E-state index contributed by atoms with van der Waals surface area (Å²) >= 11 is 6.28. The highest BCUT2D eigenvalue weighted by molar-refractivity contribution is 6.33. The van der Waals surface area contributed by atoms with Gasteiger partial charge in [0.2, 0.25) is 0 Å². The molecule has 1 aromatic heterocycles. The molecular weight excluding hydrogens is 350 g/mol. The standard InChI is InChI=1S/C21H20ClNO3/c1-23-10-8-13(9-11-23)14-6-7-17(24)20-18(25)12-19(26-21(14)20)15-4-2-3-5-16(15)22/h2-7,12-13,24H,8-11H2,1H3. The highest BCUT2D eigenvalue weighted by Gasteiger charge is 2.24. The van der Waals surface area contributed by atoms with Crippen LogP contribution in [0.2, 0.25) is 5.02 Å². The van der Waals surface area contributed by atoms with Crippen molar-refractivity contribution in [1.29, 1.82) is 0 Å². The van der Waals surface area contributed by atoms with Gasteiger partial charge in [-0.3, -0.25) is 4.79 Å². The van der Waals surface area contributed by atoms with Crippen molar-refractivity contribution in [2.45, 2.75) is 18.8 Å². The summed E-state index contributed by atoms with van der Waals surface area (Å²) in [5.74, 6) is 0.683. The van der Waals surface area contributed by atoms with Crippen LogP contribution in [-0.4, -0.2) is 30.1 Å². The second-order valence-electron chi connectivity index (χ2n) is 6.91. The Balaban J connectivity index is 1.92. The van der Waals surface area contributed by atoms with Gasteiger partial charge in [-0.2, -0.15) is 0 Å². The number of fused-ring (bicyclic) bond motifs is 1. The normalized spacial score (nSPS) is 16.2. The zero-order valence-corrected chi connectivity index (χ0v) is 15.3. The Morgan fingerprint density at radius 3 is 2.62 bits per heavy atom. The maximum atomic E-state index is 12.7. The number of benzene rings is 2. The van der Waals surface area contributed by atoms with Crippen molar-refractivity contribution >= 4 is 22.6 Å². The van der Waals surface area contributed by atoms with Crippen LogP contribution < -0.4 is 5.43 Å². The molecule has 0 spiro atoms. The van der Waals surface area contributed by atoms with E-state index in [9.17, 15) is 9.90 Å². The van der Waals surface area contributed by atoms with E-state index in [2.05, 4.69) is 11.9 Å². The third kappa shape index (κ3) is 3.00.